The molecule has 1 heterocycles. The van der Waals surface area contributed by atoms with Crippen molar-refractivity contribution in [2.75, 3.05) is 0 Å². The lowest BCUT2D eigenvalue weighted by Crippen LogP contribution is -2.23. The number of halogens is 2. The van der Waals surface area contributed by atoms with E-state index in [0.717, 1.165) is 31.6 Å². The van der Waals surface area contributed by atoms with E-state index in [4.69, 9.17) is 27.9 Å². The fourth-order valence-corrected chi connectivity index (χ4v) is 2.37. The first-order chi connectivity index (χ1) is 8.56. The Bertz CT molecular complexity index is 443. The number of carbonyl (C=O) groups is 1. The summed E-state index contributed by atoms with van der Waals surface area (Å²) in [4.78, 5) is 15.7. The molecule has 0 aliphatic heterocycles. The van der Waals surface area contributed by atoms with Gasteiger partial charge in [0.15, 0.2) is 0 Å². The highest BCUT2D eigenvalue weighted by Gasteiger charge is 2.22. The fourth-order valence-electron chi connectivity index (χ4n) is 2.10. The third-order valence-electron chi connectivity index (χ3n) is 3.27. The van der Waals surface area contributed by atoms with Gasteiger partial charge in [0.25, 0.3) is 0 Å². The number of nitrogens with zero attached hydrogens (tertiary/aromatic N) is 1. The lowest BCUT2D eigenvalue weighted by Gasteiger charge is -2.25. The topological polar surface area (TPSA) is 39.2 Å². The van der Waals surface area contributed by atoms with E-state index in [1.54, 1.807) is 0 Å². The smallest absolute Gasteiger partial charge is 0.340 e. The fraction of sp³-hybridized carbons (Fsp3) is 0.538. The first-order valence-electron chi connectivity index (χ1n) is 6.08. The normalized spacial score (nSPS) is 23.7. The van der Waals surface area contributed by atoms with Crippen molar-refractivity contribution in [1.82, 2.24) is 4.98 Å². The van der Waals surface area contributed by atoms with Crippen LogP contribution in [0.25, 0.3) is 0 Å². The zero-order valence-corrected chi connectivity index (χ0v) is 11.7. The summed E-state index contributed by atoms with van der Waals surface area (Å²) in [7, 11) is 0. The number of hydrogen-bond acceptors (Lipinski definition) is 3. The number of pyridine rings is 1. The number of esters is 1. The summed E-state index contributed by atoms with van der Waals surface area (Å²) in [6.45, 7) is 2.22. The summed E-state index contributed by atoms with van der Waals surface area (Å²) < 4.78 is 5.44. The molecule has 0 amide bonds. The van der Waals surface area contributed by atoms with Crippen LogP contribution < -0.4 is 0 Å². The molecule has 5 heteroatoms. The molecule has 1 fully saturated rings. The van der Waals surface area contributed by atoms with Gasteiger partial charge in [0, 0.05) is 6.20 Å². The van der Waals surface area contributed by atoms with E-state index < -0.39 is 0 Å². The van der Waals surface area contributed by atoms with Crippen LogP contribution in [0.4, 0.5) is 0 Å². The molecule has 1 aliphatic carbocycles. The summed E-state index contributed by atoms with van der Waals surface area (Å²) in [6.07, 6.45) is 5.49. The Hall–Kier alpha value is -0.800. The second-order valence-electron chi connectivity index (χ2n) is 4.78. The molecule has 0 N–H and O–H groups in total. The molecular weight excluding hydrogens is 273 g/mol. The third kappa shape index (κ3) is 3.36. The SMILES string of the molecule is CC1CCC(OC(=O)c2cnc(Cl)c(Cl)c2)CC1. The van der Waals surface area contributed by atoms with Gasteiger partial charge < -0.3 is 4.74 Å². The molecule has 0 bridgehead atoms. The molecular formula is C13H15Cl2NO2. The van der Waals surface area contributed by atoms with Crippen LogP contribution in [-0.4, -0.2) is 17.1 Å². The lowest BCUT2D eigenvalue weighted by atomic mass is 9.89. The van der Waals surface area contributed by atoms with Gasteiger partial charge in [-0.15, -0.1) is 0 Å². The van der Waals surface area contributed by atoms with Gasteiger partial charge in [0.05, 0.1) is 10.6 Å². The van der Waals surface area contributed by atoms with Crippen molar-refractivity contribution in [3.8, 4) is 0 Å². The minimum atomic E-state index is -0.374. The first-order valence-corrected chi connectivity index (χ1v) is 6.84. The molecule has 1 saturated carbocycles. The molecule has 0 spiro atoms. The maximum absolute atomic E-state index is 11.9. The summed E-state index contributed by atoms with van der Waals surface area (Å²) >= 11 is 11.5. The third-order valence-corrected chi connectivity index (χ3v) is 3.95. The zero-order chi connectivity index (χ0) is 13.1. The van der Waals surface area contributed by atoms with Gasteiger partial charge >= 0.3 is 5.97 Å². The van der Waals surface area contributed by atoms with E-state index in [2.05, 4.69) is 11.9 Å². The highest BCUT2D eigenvalue weighted by atomic mass is 35.5. The van der Waals surface area contributed by atoms with Gasteiger partial charge in [-0.25, -0.2) is 9.78 Å². The number of hydrogen-bond donors (Lipinski definition) is 0. The number of rotatable bonds is 2. The standard InChI is InChI=1S/C13H15Cl2NO2/c1-8-2-4-10(5-3-8)18-13(17)9-6-11(14)12(15)16-7-9/h6-8,10H,2-5H2,1H3. The van der Waals surface area contributed by atoms with Crippen LogP contribution in [0, 0.1) is 5.92 Å². The molecule has 0 unspecified atom stereocenters. The van der Waals surface area contributed by atoms with Crippen LogP contribution in [-0.2, 0) is 4.74 Å². The van der Waals surface area contributed by atoms with Crippen molar-refractivity contribution >= 4 is 29.2 Å². The second-order valence-corrected chi connectivity index (χ2v) is 5.55. The van der Waals surface area contributed by atoms with Gasteiger partial charge in [-0.1, -0.05) is 30.1 Å². The van der Waals surface area contributed by atoms with E-state index in [1.807, 2.05) is 0 Å². The summed E-state index contributed by atoms with van der Waals surface area (Å²) in [6, 6.07) is 1.49. The van der Waals surface area contributed by atoms with Gasteiger partial charge in [-0.2, -0.15) is 0 Å². The van der Waals surface area contributed by atoms with Crippen molar-refractivity contribution in [3.63, 3.8) is 0 Å². The second kappa shape index (κ2) is 5.89. The monoisotopic (exact) mass is 287 g/mol. The quantitative estimate of drug-likeness (QED) is 0.607. The molecule has 0 radical (unpaired) electrons. The Labute approximate surface area is 116 Å². The molecule has 3 nitrogen and oxygen atoms in total. The molecule has 0 atom stereocenters. The predicted octanol–water partition coefficient (Wildman–Crippen LogP) is 4.12. The molecule has 1 aromatic rings. The Morgan fingerprint density at radius 1 is 1.33 bits per heavy atom. The van der Waals surface area contributed by atoms with Crippen molar-refractivity contribution in [1.29, 1.82) is 0 Å². The minimum Gasteiger partial charge on any atom is -0.459 e. The van der Waals surface area contributed by atoms with Crippen LogP contribution in [0.5, 0.6) is 0 Å². The lowest BCUT2D eigenvalue weighted by molar-refractivity contribution is 0.0173. The van der Waals surface area contributed by atoms with Crippen LogP contribution in [0.3, 0.4) is 0 Å². The predicted molar refractivity (Wildman–Crippen MR) is 71.1 cm³/mol. The molecule has 1 aliphatic rings. The van der Waals surface area contributed by atoms with Crippen LogP contribution >= 0.6 is 23.2 Å². The average Bonchev–Trinajstić information content (AvgIpc) is 2.35. The minimum absolute atomic E-state index is 0.0168. The molecule has 18 heavy (non-hydrogen) atoms. The number of ether oxygens (including phenoxy) is 1. The molecule has 1 aromatic heterocycles. The van der Waals surface area contributed by atoms with Gasteiger partial charge in [0.1, 0.15) is 11.3 Å². The van der Waals surface area contributed by atoms with Crippen LogP contribution in [0.2, 0.25) is 10.2 Å². The largest absolute Gasteiger partial charge is 0.459 e. The van der Waals surface area contributed by atoms with Crippen molar-refractivity contribution in [3.05, 3.63) is 28.0 Å². The number of aromatic nitrogens is 1. The zero-order valence-electron chi connectivity index (χ0n) is 10.2. The Morgan fingerprint density at radius 3 is 2.61 bits per heavy atom. The summed E-state index contributed by atoms with van der Waals surface area (Å²) in [5.41, 5.74) is 0.350. The maximum Gasteiger partial charge on any atom is 0.340 e. The summed E-state index contributed by atoms with van der Waals surface area (Å²) in [5.74, 6) is 0.354. The van der Waals surface area contributed by atoms with E-state index in [9.17, 15) is 4.79 Å². The van der Waals surface area contributed by atoms with E-state index in [-0.39, 0.29) is 22.2 Å². The molecule has 98 valence electrons. The van der Waals surface area contributed by atoms with E-state index in [1.165, 1.54) is 12.3 Å². The molecule has 2 rings (SSSR count). The Kier molecular flexibility index (Phi) is 4.46. The Morgan fingerprint density at radius 2 is 2.00 bits per heavy atom. The Balaban J connectivity index is 1.97. The van der Waals surface area contributed by atoms with Gasteiger partial charge in [-0.05, 0) is 37.7 Å². The van der Waals surface area contributed by atoms with Crippen molar-refractivity contribution < 1.29 is 9.53 Å². The van der Waals surface area contributed by atoms with E-state index >= 15 is 0 Å². The highest BCUT2D eigenvalue weighted by Crippen LogP contribution is 2.27. The van der Waals surface area contributed by atoms with Gasteiger partial charge in [0.2, 0.25) is 0 Å². The van der Waals surface area contributed by atoms with Crippen molar-refractivity contribution in [2.24, 2.45) is 5.92 Å². The molecule has 0 saturated heterocycles. The number of carbonyl (C=O) groups excluding carboxylic acids is 1. The van der Waals surface area contributed by atoms with Crippen molar-refractivity contribution in [2.45, 2.75) is 38.7 Å². The van der Waals surface area contributed by atoms with E-state index in [0.29, 0.717) is 5.56 Å². The van der Waals surface area contributed by atoms with Crippen LogP contribution in [0.15, 0.2) is 12.3 Å². The first kappa shape index (κ1) is 13.6. The average molecular weight is 288 g/mol. The molecule has 0 aromatic carbocycles. The maximum atomic E-state index is 11.9. The van der Waals surface area contributed by atoms with Crippen LogP contribution in [0.1, 0.15) is 43.0 Å². The van der Waals surface area contributed by atoms with Gasteiger partial charge in [-0.3, -0.25) is 0 Å². The summed E-state index contributed by atoms with van der Waals surface area (Å²) in [5, 5.41) is 0.461. The highest BCUT2D eigenvalue weighted by molar-refractivity contribution is 6.41.